The standard InChI is InChI=1S/C29H28F3N7O3/c30-29(31,32)23-8-7-22-26(36-23)39(25(35-22)21-2-1-12-34-24(21)33)20-5-3-17(4-6-20)19-11-15-38(16-19)28(42)37-13-9-18(10-14-37)27(40)41/h1-8,12,18-19H,9-11,13-16H2,(H2,33,34)(H,40,41). The van der Waals surface area contributed by atoms with Gasteiger partial charge in [0.15, 0.2) is 11.5 Å². The number of fused-ring (bicyclic) bond motifs is 1. The zero-order valence-corrected chi connectivity index (χ0v) is 22.5. The number of nitrogens with zero attached hydrogens (tertiary/aromatic N) is 6. The minimum Gasteiger partial charge on any atom is -0.481 e. The molecule has 6 rings (SSSR count). The number of hydrogen-bond acceptors (Lipinski definition) is 6. The monoisotopic (exact) mass is 579 g/mol. The van der Waals surface area contributed by atoms with Gasteiger partial charge in [-0.05, 0) is 61.2 Å². The number of benzene rings is 1. The molecule has 2 fully saturated rings. The molecule has 0 aliphatic carbocycles. The molecule has 0 spiro atoms. The zero-order chi connectivity index (χ0) is 29.6. The maximum Gasteiger partial charge on any atom is 0.433 e. The molecule has 2 aliphatic heterocycles. The van der Waals surface area contributed by atoms with Crippen LogP contribution < -0.4 is 5.73 Å². The first-order valence-corrected chi connectivity index (χ1v) is 13.6. The van der Waals surface area contributed by atoms with Crippen molar-refractivity contribution in [1.82, 2.24) is 29.3 Å². The van der Waals surface area contributed by atoms with Gasteiger partial charge in [0.1, 0.15) is 17.0 Å². The third-order valence-corrected chi connectivity index (χ3v) is 8.07. The molecule has 218 valence electrons. The molecule has 0 radical (unpaired) electrons. The molecule has 2 aliphatic rings. The smallest absolute Gasteiger partial charge is 0.433 e. The van der Waals surface area contributed by atoms with Crippen molar-refractivity contribution < 1.29 is 27.9 Å². The Morgan fingerprint density at radius 1 is 0.929 bits per heavy atom. The van der Waals surface area contributed by atoms with Crippen molar-refractivity contribution in [3.63, 3.8) is 0 Å². The Labute approximate surface area is 238 Å². The van der Waals surface area contributed by atoms with Gasteiger partial charge in [0.05, 0.1) is 11.5 Å². The van der Waals surface area contributed by atoms with E-state index in [0.717, 1.165) is 18.1 Å². The van der Waals surface area contributed by atoms with Crippen LogP contribution in [0.5, 0.6) is 0 Å². The first-order valence-electron chi connectivity index (χ1n) is 13.6. The molecule has 4 aromatic rings. The van der Waals surface area contributed by atoms with Gasteiger partial charge in [0.25, 0.3) is 0 Å². The largest absolute Gasteiger partial charge is 0.481 e. The van der Waals surface area contributed by atoms with Gasteiger partial charge in [-0.3, -0.25) is 9.36 Å². The normalized spacial score (nSPS) is 18.1. The van der Waals surface area contributed by atoms with Gasteiger partial charge in [-0.1, -0.05) is 12.1 Å². The van der Waals surface area contributed by atoms with E-state index >= 15 is 0 Å². The Bertz CT molecular complexity index is 1650. The van der Waals surface area contributed by atoms with Crippen molar-refractivity contribution in [3.8, 4) is 17.1 Å². The van der Waals surface area contributed by atoms with Gasteiger partial charge in [0.2, 0.25) is 0 Å². The first-order chi connectivity index (χ1) is 20.1. The second-order valence-electron chi connectivity index (χ2n) is 10.6. The lowest BCUT2D eigenvalue weighted by Crippen LogP contribution is -2.46. The van der Waals surface area contributed by atoms with Gasteiger partial charge >= 0.3 is 18.2 Å². The fraction of sp³-hybridized carbons (Fsp3) is 0.345. The number of amides is 2. The number of urea groups is 1. The third-order valence-electron chi connectivity index (χ3n) is 8.07. The van der Waals surface area contributed by atoms with E-state index < -0.39 is 23.8 Å². The Morgan fingerprint density at radius 2 is 1.64 bits per heavy atom. The van der Waals surface area contributed by atoms with Crippen LogP contribution in [-0.4, -0.2) is 72.6 Å². The van der Waals surface area contributed by atoms with Crippen LogP contribution in [0.2, 0.25) is 0 Å². The Balaban J connectivity index is 1.27. The van der Waals surface area contributed by atoms with Crippen LogP contribution in [0.4, 0.5) is 23.8 Å². The van der Waals surface area contributed by atoms with Gasteiger partial charge < -0.3 is 20.6 Å². The predicted molar refractivity (Wildman–Crippen MR) is 148 cm³/mol. The topological polar surface area (TPSA) is 130 Å². The van der Waals surface area contributed by atoms with Crippen molar-refractivity contribution in [1.29, 1.82) is 0 Å². The fourth-order valence-electron chi connectivity index (χ4n) is 5.77. The summed E-state index contributed by atoms with van der Waals surface area (Å²) in [6.45, 7) is 1.97. The number of likely N-dealkylation sites (tertiary alicyclic amines) is 2. The molecule has 2 saturated heterocycles. The van der Waals surface area contributed by atoms with Crippen LogP contribution in [0.25, 0.3) is 28.2 Å². The molecule has 2 amide bonds. The van der Waals surface area contributed by atoms with Gasteiger partial charge in [-0.2, -0.15) is 13.2 Å². The van der Waals surface area contributed by atoms with Crippen LogP contribution in [0.15, 0.2) is 54.7 Å². The highest BCUT2D eigenvalue weighted by molar-refractivity contribution is 5.83. The number of alkyl halides is 3. The van der Waals surface area contributed by atoms with Crippen LogP contribution in [0.3, 0.4) is 0 Å². The van der Waals surface area contributed by atoms with Crippen LogP contribution in [-0.2, 0) is 11.0 Å². The number of nitrogen functional groups attached to an aromatic ring is 1. The number of imidazole rings is 1. The molecule has 1 aromatic carbocycles. The summed E-state index contributed by atoms with van der Waals surface area (Å²) in [5.74, 6) is -0.633. The van der Waals surface area contributed by atoms with E-state index in [2.05, 4.69) is 15.0 Å². The van der Waals surface area contributed by atoms with Crippen LogP contribution in [0.1, 0.15) is 36.4 Å². The molecule has 1 atom stereocenters. The van der Waals surface area contributed by atoms with Gasteiger partial charge in [-0.15, -0.1) is 0 Å². The molecular formula is C29H28F3N7O3. The highest BCUT2D eigenvalue weighted by Crippen LogP contribution is 2.35. The summed E-state index contributed by atoms with van der Waals surface area (Å²) in [5.41, 5.74) is 7.42. The molecular weight excluding hydrogens is 551 g/mol. The van der Waals surface area contributed by atoms with E-state index in [1.54, 1.807) is 38.6 Å². The molecule has 3 N–H and O–H groups in total. The molecule has 1 unspecified atom stereocenters. The maximum absolute atomic E-state index is 13.5. The summed E-state index contributed by atoms with van der Waals surface area (Å²) in [4.78, 5) is 40.4. The predicted octanol–water partition coefficient (Wildman–Crippen LogP) is 4.79. The molecule has 13 heteroatoms. The summed E-state index contributed by atoms with van der Waals surface area (Å²) < 4.78 is 42.2. The second kappa shape index (κ2) is 10.6. The molecule has 0 saturated carbocycles. The summed E-state index contributed by atoms with van der Waals surface area (Å²) in [6, 6.07) is 12.9. The van der Waals surface area contributed by atoms with Crippen molar-refractivity contribution in [3.05, 3.63) is 66.0 Å². The van der Waals surface area contributed by atoms with E-state index in [1.807, 2.05) is 12.1 Å². The second-order valence-corrected chi connectivity index (χ2v) is 10.6. The highest BCUT2D eigenvalue weighted by atomic mass is 19.4. The van der Waals surface area contributed by atoms with Crippen LogP contribution >= 0.6 is 0 Å². The molecule has 10 nitrogen and oxygen atoms in total. The lowest BCUT2D eigenvalue weighted by Gasteiger charge is -2.33. The lowest BCUT2D eigenvalue weighted by molar-refractivity contribution is -0.143. The van der Waals surface area contributed by atoms with Crippen molar-refractivity contribution in [2.24, 2.45) is 5.92 Å². The summed E-state index contributed by atoms with van der Waals surface area (Å²) >= 11 is 0. The first kappa shape index (κ1) is 27.5. The third kappa shape index (κ3) is 5.10. The number of pyridine rings is 2. The molecule has 3 aromatic heterocycles. The number of carboxylic acid groups (broad SMARTS) is 1. The van der Waals surface area contributed by atoms with Crippen molar-refractivity contribution in [2.75, 3.05) is 31.9 Å². The highest BCUT2D eigenvalue weighted by Gasteiger charge is 2.35. The number of carbonyl (C=O) groups excluding carboxylic acids is 1. The number of piperidine rings is 1. The minimum absolute atomic E-state index is 0.0418. The summed E-state index contributed by atoms with van der Waals surface area (Å²) in [5, 5.41) is 9.22. The summed E-state index contributed by atoms with van der Waals surface area (Å²) in [7, 11) is 0. The molecule has 0 bridgehead atoms. The average Bonchev–Trinajstić information content (AvgIpc) is 3.62. The van der Waals surface area contributed by atoms with E-state index in [-0.39, 0.29) is 28.9 Å². The number of nitrogens with two attached hydrogens (primary N) is 1. The van der Waals surface area contributed by atoms with E-state index in [4.69, 9.17) is 5.73 Å². The fourth-order valence-corrected chi connectivity index (χ4v) is 5.77. The average molecular weight is 580 g/mol. The number of carbonyl (C=O) groups is 2. The van der Waals surface area contributed by atoms with E-state index in [0.29, 0.717) is 56.1 Å². The Morgan fingerprint density at radius 3 is 2.31 bits per heavy atom. The number of halogens is 3. The number of anilines is 1. The van der Waals surface area contributed by atoms with Crippen molar-refractivity contribution in [2.45, 2.75) is 31.4 Å². The SMILES string of the molecule is Nc1ncccc1-c1nc2ccc(C(F)(F)F)nc2n1-c1ccc(C2CCN(C(=O)N3CCC(C(=O)O)CC3)C2)cc1. The number of aromatic nitrogens is 4. The minimum atomic E-state index is -4.63. The number of rotatable bonds is 4. The molecule has 5 heterocycles. The Kier molecular flexibility index (Phi) is 6.95. The summed E-state index contributed by atoms with van der Waals surface area (Å²) in [6.07, 6.45) is -1.44. The lowest BCUT2D eigenvalue weighted by atomic mass is 9.97. The number of carboxylic acids is 1. The van der Waals surface area contributed by atoms with Gasteiger partial charge in [-0.25, -0.2) is 19.7 Å². The Hall–Kier alpha value is -4.68. The quantitative estimate of drug-likeness (QED) is 0.356. The van der Waals surface area contributed by atoms with Gasteiger partial charge in [0, 0.05) is 44.0 Å². The molecule has 42 heavy (non-hydrogen) atoms. The van der Waals surface area contributed by atoms with E-state index in [9.17, 15) is 27.9 Å². The van der Waals surface area contributed by atoms with Crippen molar-refractivity contribution >= 4 is 29.0 Å². The maximum atomic E-state index is 13.5. The number of hydrogen-bond donors (Lipinski definition) is 2. The number of aliphatic carboxylic acids is 1. The van der Waals surface area contributed by atoms with E-state index in [1.165, 1.54) is 12.3 Å². The zero-order valence-electron chi connectivity index (χ0n) is 22.5. The van der Waals surface area contributed by atoms with Crippen LogP contribution in [0, 0.1) is 5.92 Å².